The first-order valence-electron chi connectivity index (χ1n) is 5.29. The van der Waals surface area contributed by atoms with Gasteiger partial charge in [-0.05, 0) is 6.92 Å². The molecule has 0 saturated carbocycles. The van der Waals surface area contributed by atoms with E-state index in [2.05, 4.69) is 15.1 Å². The van der Waals surface area contributed by atoms with Crippen LogP contribution in [0.15, 0.2) is 18.6 Å². The van der Waals surface area contributed by atoms with Crippen LogP contribution in [-0.2, 0) is 6.54 Å². The molecule has 2 aromatic rings. The van der Waals surface area contributed by atoms with Gasteiger partial charge in [0.1, 0.15) is 17.7 Å². The second kappa shape index (κ2) is 5.14. The predicted octanol–water partition coefficient (Wildman–Crippen LogP) is 1.59. The quantitative estimate of drug-likeness (QED) is 0.786. The third-order valence-corrected chi connectivity index (χ3v) is 2.67. The van der Waals surface area contributed by atoms with E-state index in [1.165, 1.54) is 30.4 Å². The summed E-state index contributed by atoms with van der Waals surface area (Å²) in [5.74, 6) is 0.0205. The maximum absolute atomic E-state index is 12.3. The van der Waals surface area contributed by atoms with Gasteiger partial charge in [-0.15, -0.1) is 0 Å². The van der Waals surface area contributed by atoms with Crippen molar-refractivity contribution in [1.82, 2.24) is 19.7 Å². The molecule has 0 radical (unpaired) electrons. The Morgan fingerprint density at radius 3 is 2.94 bits per heavy atom. The second-order valence-electron chi connectivity index (χ2n) is 3.43. The van der Waals surface area contributed by atoms with Crippen LogP contribution in [0, 0.1) is 0 Å². The fourth-order valence-corrected chi connectivity index (χ4v) is 1.75. The lowest BCUT2D eigenvalue weighted by Gasteiger charge is -2.05. The zero-order valence-electron chi connectivity index (χ0n) is 9.92. The molecule has 94 valence electrons. The highest BCUT2D eigenvalue weighted by atomic mass is 35.5. The van der Waals surface area contributed by atoms with Crippen LogP contribution in [0.4, 0.5) is 0 Å². The first-order chi connectivity index (χ1) is 8.67. The van der Waals surface area contributed by atoms with Crippen molar-refractivity contribution in [1.29, 1.82) is 0 Å². The maximum Gasteiger partial charge on any atom is 0.231 e. The van der Waals surface area contributed by atoms with Crippen molar-refractivity contribution in [3.8, 4) is 5.88 Å². The smallest absolute Gasteiger partial charge is 0.231 e. The van der Waals surface area contributed by atoms with Gasteiger partial charge in [0.15, 0.2) is 0 Å². The number of aryl methyl sites for hydroxylation is 1. The number of nitrogens with zero attached hydrogens (tertiary/aromatic N) is 4. The van der Waals surface area contributed by atoms with Crippen molar-refractivity contribution in [3.63, 3.8) is 0 Å². The summed E-state index contributed by atoms with van der Waals surface area (Å²) in [6.07, 6.45) is 2.71. The van der Waals surface area contributed by atoms with E-state index in [9.17, 15) is 4.79 Å². The molecule has 0 aliphatic carbocycles. The average Bonchev–Trinajstić information content (AvgIpc) is 2.79. The zero-order valence-corrected chi connectivity index (χ0v) is 10.7. The van der Waals surface area contributed by atoms with Crippen molar-refractivity contribution in [2.24, 2.45) is 0 Å². The number of hydrogen-bond acceptors (Lipinski definition) is 5. The molecule has 0 N–H and O–H groups in total. The van der Waals surface area contributed by atoms with Crippen molar-refractivity contribution in [2.45, 2.75) is 13.5 Å². The van der Waals surface area contributed by atoms with Crippen LogP contribution in [0.2, 0.25) is 5.02 Å². The number of methoxy groups -OCH3 is 1. The molecule has 0 bridgehead atoms. The van der Waals surface area contributed by atoms with Crippen LogP contribution >= 0.6 is 11.6 Å². The highest BCUT2D eigenvalue weighted by molar-refractivity contribution is 6.34. The molecule has 0 aromatic carbocycles. The summed E-state index contributed by atoms with van der Waals surface area (Å²) in [5.41, 5.74) is 0.541. The molecule has 18 heavy (non-hydrogen) atoms. The molecule has 2 rings (SSSR count). The van der Waals surface area contributed by atoms with E-state index in [4.69, 9.17) is 16.3 Å². The van der Waals surface area contributed by atoms with Gasteiger partial charge in [0.2, 0.25) is 11.7 Å². The lowest BCUT2D eigenvalue weighted by molar-refractivity contribution is 0.102. The Morgan fingerprint density at radius 2 is 2.28 bits per heavy atom. The normalized spacial score (nSPS) is 10.4. The Balaban J connectivity index is 2.44. The SMILES string of the molecule is CCn1ncc(Cl)c1C(=O)c1cc(OC)ncn1. The van der Waals surface area contributed by atoms with E-state index in [0.29, 0.717) is 23.1 Å². The van der Waals surface area contributed by atoms with Gasteiger partial charge in [0, 0.05) is 12.6 Å². The standard InChI is InChI=1S/C11H11ClN4O2/c1-3-16-10(7(12)5-15-16)11(17)8-4-9(18-2)14-6-13-8/h4-6H,3H2,1-2H3. The van der Waals surface area contributed by atoms with Crippen molar-refractivity contribution >= 4 is 17.4 Å². The summed E-state index contributed by atoms with van der Waals surface area (Å²) in [5, 5.41) is 4.32. The van der Waals surface area contributed by atoms with Gasteiger partial charge in [-0.1, -0.05) is 11.6 Å². The molecule has 2 heterocycles. The molecule has 0 atom stereocenters. The molecule has 0 spiro atoms. The molecular formula is C11H11ClN4O2. The van der Waals surface area contributed by atoms with Crippen molar-refractivity contribution in [3.05, 3.63) is 35.0 Å². The van der Waals surface area contributed by atoms with Gasteiger partial charge in [0.05, 0.1) is 18.3 Å². The molecule has 0 aliphatic heterocycles. The molecule has 0 aliphatic rings. The van der Waals surface area contributed by atoms with Crippen LogP contribution in [0.3, 0.4) is 0 Å². The van der Waals surface area contributed by atoms with Gasteiger partial charge in [-0.3, -0.25) is 9.48 Å². The van der Waals surface area contributed by atoms with Gasteiger partial charge < -0.3 is 4.74 Å². The van der Waals surface area contributed by atoms with E-state index in [0.717, 1.165) is 0 Å². The molecule has 0 saturated heterocycles. The van der Waals surface area contributed by atoms with Gasteiger partial charge in [0.25, 0.3) is 0 Å². The first-order valence-corrected chi connectivity index (χ1v) is 5.67. The van der Waals surface area contributed by atoms with Crippen LogP contribution in [0.5, 0.6) is 5.88 Å². The molecule has 2 aromatic heterocycles. The Labute approximate surface area is 109 Å². The van der Waals surface area contributed by atoms with E-state index >= 15 is 0 Å². The number of carbonyl (C=O) groups excluding carboxylic acids is 1. The summed E-state index contributed by atoms with van der Waals surface area (Å²) in [4.78, 5) is 20.1. The molecule has 6 nitrogen and oxygen atoms in total. The van der Waals surface area contributed by atoms with E-state index in [-0.39, 0.29) is 11.5 Å². The summed E-state index contributed by atoms with van der Waals surface area (Å²) in [6, 6.07) is 1.46. The monoisotopic (exact) mass is 266 g/mol. The fourth-order valence-electron chi connectivity index (χ4n) is 1.52. The fraction of sp³-hybridized carbons (Fsp3) is 0.273. The molecule has 0 unspecified atom stereocenters. The van der Waals surface area contributed by atoms with Crippen molar-refractivity contribution in [2.75, 3.05) is 7.11 Å². The first kappa shape index (κ1) is 12.5. The summed E-state index contributed by atoms with van der Waals surface area (Å²) in [6.45, 7) is 2.43. The van der Waals surface area contributed by atoms with Gasteiger partial charge in [-0.25, -0.2) is 9.97 Å². The van der Waals surface area contributed by atoms with E-state index in [1.54, 1.807) is 0 Å². The second-order valence-corrected chi connectivity index (χ2v) is 3.84. The van der Waals surface area contributed by atoms with Crippen LogP contribution in [0.1, 0.15) is 23.1 Å². The molecule has 0 amide bonds. The third kappa shape index (κ3) is 2.19. The lowest BCUT2D eigenvalue weighted by atomic mass is 10.2. The highest BCUT2D eigenvalue weighted by Gasteiger charge is 2.20. The number of carbonyl (C=O) groups is 1. The molecular weight excluding hydrogens is 256 g/mol. The minimum atomic E-state index is -0.306. The number of aromatic nitrogens is 4. The number of halogens is 1. The minimum Gasteiger partial charge on any atom is -0.481 e. The summed E-state index contributed by atoms with van der Waals surface area (Å²) in [7, 11) is 1.47. The lowest BCUT2D eigenvalue weighted by Crippen LogP contribution is -2.12. The highest BCUT2D eigenvalue weighted by Crippen LogP contribution is 2.19. The Hall–Kier alpha value is -1.95. The van der Waals surface area contributed by atoms with Crippen molar-refractivity contribution < 1.29 is 9.53 Å². The minimum absolute atomic E-state index is 0.221. The number of ketones is 1. The number of hydrogen-bond donors (Lipinski definition) is 0. The predicted molar refractivity (Wildman–Crippen MR) is 64.9 cm³/mol. The largest absolute Gasteiger partial charge is 0.481 e. The zero-order chi connectivity index (χ0) is 13.1. The Kier molecular flexibility index (Phi) is 3.57. The van der Waals surface area contributed by atoms with Crippen LogP contribution < -0.4 is 4.74 Å². The number of ether oxygens (including phenoxy) is 1. The molecule has 0 fully saturated rings. The third-order valence-electron chi connectivity index (χ3n) is 2.39. The van der Waals surface area contributed by atoms with Crippen LogP contribution in [-0.4, -0.2) is 32.6 Å². The van der Waals surface area contributed by atoms with Gasteiger partial charge >= 0.3 is 0 Å². The van der Waals surface area contributed by atoms with E-state index in [1.807, 2.05) is 6.92 Å². The molecule has 7 heteroatoms. The summed E-state index contributed by atoms with van der Waals surface area (Å²) < 4.78 is 6.48. The average molecular weight is 267 g/mol. The number of rotatable bonds is 4. The summed E-state index contributed by atoms with van der Waals surface area (Å²) >= 11 is 5.96. The Bertz CT molecular complexity index is 582. The van der Waals surface area contributed by atoms with E-state index < -0.39 is 0 Å². The van der Waals surface area contributed by atoms with Crippen LogP contribution in [0.25, 0.3) is 0 Å². The Morgan fingerprint density at radius 1 is 1.50 bits per heavy atom. The maximum atomic E-state index is 12.3. The topological polar surface area (TPSA) is 69.9 Å². The van der Waals surface area contributed by atoms with Gasteiger partial charge in [-0.2, -0.15) is 5.10 Å².